The Morgan fingerprint density at radius 1 is 1.33 bits per heavy atom. The standard InChI is InChI=1S/C14H17F3N2O2/c15-14(16,17)10-1-3-11(4-2-10)19-7-8-21-12(9-19)5-6-13(18)20/h1-4,12H,5-9H2,(H2,18,20)/t12-/m1/s1. The molecule has 1 aromatic carbocycles. The van der Waals surface area contributed by atoms with E-state index in [-0.39, 0.29) is 18.4 Å². The van der Waals surface area contributed by atoms with Crippen molar-refractivity contribution in [2.75, 3.05) is 24.6 Å². The second-order valence-electron chi connectivity index (χ2n) is 4.99. The van der Waals surface area contributed by atoms with Crippen LogP contribution in [0.25, 0.3) is 0 Å². The lowest BCUT2D eigenvalue weighted by molar-refractivity contribution is -0.137. The molecule has 0 unspecified atom stereocenters. The molecule has 21 heavy (non-hydrogen) atoms. The number of amides is 1. The number of halogens is 3. The summed E-state index contributed by atoms with van der Waals surface area (Å²) in [5.41, 5.74) is 5.15. The lowest BCUT2D eigenvalue weighted by atomic mass is 10.1. The predicted molar refractivity (Wildman–Crippen MR) is 71.8 cm³/mol. The SMILES string of the molecule is NC(=O)CC[C@@H]1CN(c2ccc(C(F)(F)F)cc2)CCO1. The van der Waals surface area contributed by atoms with Crippen molar-refractivity contribution in [3.8, 4) is 0 Å². The number of nitrogens with two attached hydrogens (primary N) is 1. The molecule has 0 aromatic heterocycles. The van der Waals surface area contributed by atoms with Crippen LogP contribution in [0.3, 0.4) is 0 Å². The number of hydrogen-bond donors (Lipinski definition) is 1. The van der Waals surface area contributed by atoms with Gasteiger partial charge in [-0.2, -0.15) is 13.2 Å². The molecule has 2 N–H and O–H groups in total. The summed E-state index contributed by atoms with van der Waals surface area (Å²) in [6.45, 7) is 1.63. The summed E-state index contributed by atoms with van der Waals surface area (Å²) in [5, 5.41) is 0. The molecule has 7 heteroatoms. The molecule has 0 radical (unpaired) electrons. The van der Waals surface area contributed by atoms with E-state index < -0.39 is 11.7 Å². The summed E-state index contributed by atoms with van der Waals surface area (Å²) < 4.78 is 43.1. The third kappa shape index (κ3) is 4.35. The molecule has 0 spiro atoms. The molecule has 0 saturated carbocycles. The van der Waals surface area contributed by atoms with E-state index in [0.29, 0.717) is 26.1 Å². The summed E-state index contributed by atoms with van der Waals surface area (Å²) in [4.78, 5) is 12.7. The topological polar surface area (TPSA) is 55.6 Å². The molecule has 0 bridgehead atoms. The molecule has 1 aromatic rings. The quantitative estimate of drug-likeness (QED) is 0.927. The minimum atomic E-state index is -4.33. The van der Waals surface area contributed by atoms with Gasteiger partial charge < -0.3 is 15.4 Å². The average molecular weight is 302 g/mol. The van der Waals surface area contributed by atoms with Gasteiger partial charge in [0.2, 0.25) is 5.91 Å². The maximum atomic E-state index is 12.5. The molecule has 1 aliphatic heterocycles. The smallest absolute Gasteiger partial charge is 0.375 e. The van der Waals surface area contributed by atoms with Gasteiger partial charge in [0, 0.05) is 25.2 Å². The van der Waals surface area contributed by atoms with E-state index in [1.54, 1.807) is 0 Å². The second kappa shape index (κ2) is 6.34. The number of hydrogen-bond acceptors (Lipinski definition) is 3. The van der Waals surface area contributed by atoms with Gasteiger partial charge in [0.25, 0.3) is 0 Å². The maximum absolute atomic E-state index is 12.5. The molecule has 0 aliphatic carbocycles. The highest BCUT2D eigenvalue weighted by Crippen LogP contribution is 2.31. The monoisotopic (exact) mass is 302 g/mol. The first-order chi connectivity index (χ1) is 9.86. The summed E-state index contributed by atoms with van der Waals surface area (Å²) in [7, 11) is 0. The van der Waals surface area contributed by atoms with Gasteiger partial charge >= 0.3 is 6.18 Å². The van der Waals surface area contributed by atoms with E-state index in [1.807, 2.05) is 4.90 Å². The Morgan fingerprint density at radius 3 is 2.57 bits per heavy atom. The molecule has 1 amide bonds. The van der Waals surface area contributed by atoms with Crippen molar-refractivity contribution in [2.24, 2.45) is 5.73 Å². The molecule has 1 atom stereocenters. The normalized spacial score (nSPS) is 19.6. The van der Waals surface area contributed by atoms with Crippen LogP contribution >= 0.6 is 0 Å². The number of carbonyl (C=O) groups is 1. The number of ether oxygens (including phenoxy) is 1. The summed E-state index contributed by atoms with van der Waals surface area (Å²) >= 11 is 0. The Morgan fingerprint density at radius 2 is 2.00 bits per heavy atom. The lowest BCUT2D eigenvalue weighted by Gasteiger charge is -2.34. The fraction of sp³-hybridized carbons (Fsp3) is 0.500. The van der Waals surface area contributed by atoms with Gasteiger partial charge in [0.15, 0.2) is 0 Å². The molecule has 4 nitrogen and oxygen atoms in total. The molecular weight excluding hydrogens is 285 g/mol. The third-order valence-corrected chi connectivity index (χ3v) is 3.41. The number of morpholine rings is 1. The van der Waals surface area contributed by atoms with Gasteiger partial charge in [-0.05, 0) is 30.7 Å². The van der Waals surface area contributed by atoms with Crippen LogP contribution in [0, 0.1) is 0 Å². The van der Waals surface area contributed by atoms with Gasteiger partial charge in [-0.3, -0.25) is 4.79 Å². The molecule has 1 heterocycles. The molecular formula is C14H17F3N2O2. The maximum Gasteiger partial charge on any atom is 0.416 e. The van der Waals surface area contributed by atoms with Crippen LogP contribution < -0.4 is 10.6 Å². The van der Waals surface area contributed by atoms with Crippen LogP contribution in [0.2, 0.25) is 0 Å². The first-order valence-corrected chi connectivity index (χ1v) is 6.68. The Labute approximate surface area is 120 Å². The van der Waals surface area contributed by atoms with E-state index >= 15 is 0 Å². The van der Waals surface area contributed by atoms with Crippen LogP contribution in [0.1, 0.15) is 18.4 Å². The van der Waals surface area contributed by atoms with Gasteiger partial charge in [0.1, 0.15) is 0 Å². The lowest BCUT2D eigenvalue weighted by Crippen LogP contribution is -2.42. The van der Waals surface area contributed by atoms with Crippen molar-refractivity contribution in [1.29, 1.82) is 0 Å². The zero-order valence-electron chi connectivity index (χ0n) is 11.4. The number of alkyl halides is 3. The highest BCUT2D eigenvalue weighted by atomic mass is 19.4. The fourth-order valence-electron chi connectivity index (χ4n) is 2.29. The van der Waals surface area contributed by atoms with Crippen LogP contribution in [0.4, 0.5) is 18.9 Å². The molecule has 1 saturated heterocycles. The van der Waals surface area contributed by atoms with Crippen LogP contribution in [-0.4, -0.2) is 31.7 Å². The number of rotatable bonds is 4. The van der Waals surface area contributed by atoms with E-state index in [2.05, 4.69) is 0 Å². The van der Waals surface area contributed by atoms with Gasteiger partial charge in [0.05, 0.1) is 18.3 Å². The summed E-state index contributed by atoms with van der Waals surface area (Å²) in [5.74, 6) is -0.384. The third-order valence-electron chi connectivity index (χ3n) is 3.41. The number of benzene rings is 1. The first kappa shape index (κ1) is 15.6. The van der Waals surface area contributed by atoms with Gasteiger partial charge in [-0.15, -0.1) is 0 Å². The van der Waals surface area contributed by atoms with Crippen molar-refractivity contribution in [3.05, 3.63) is 29.8 Å². The Kier molecular flexibility index (Phi) is 4.72. The van der Waals surface area contributed by atoms with Crippen molar-refractivity contribution < 1.29 is 22.7 Å². The summed E-state index contributed by atoms with van der Waals surface area (Å²) in [6, 6.07) is 5.06. The van der Waals surface area contributed by atoms with Crippen LogP contribution in [0.5, 0.6) is 0 Å². The number of anilines is 1. The Bertz CT molecular complexity index is 488. The van der Waals surface area contributed by atoms with E-state index in [4.69, 9.17) is 10.5 Å². The Hall–Kier alpha value is -1.76. The minimum Gasteiger partial charge on any atom is -0.375 e. The number of carbonyl (C=O) groups excluding carboxylic acids is 1. The zero-order chi connectivity index (χ0) is 15.5. The van der Waals surface area contributed by atoms with Crippen molar-refractivity contribution in [3.63, 3.8) is 0 Å². The van der Waals surface area contributed by atoms with Crippen molar-refractivity contribution in [1.82, 2.24) is 0 Å². The van der Waals surface area contributed by atoms with Crippen LogP contribution in [0.15, 0.2) is 24.3 Å². The fourth-order valence-corrected chi connectivity index (χ4v) is 2.29. The molecule has 2 rings (SSSR count). The highest BCUT2D eigenvalue weighted by Gasteiger charge is 2.30. The van der Waals surface area contributed by atoms with Crippen molar-refractivity contribution >= 4 is 11.6 Å². The Balaban J connectivity index is 1.99. The van der Waals surface area contributed by atoms with Gasteiger partial charge in [-0.25, -0.2) is 0 Å². The number of primary amides is 1. The largest absolute Gasteiger partial charge is 0.416 e. The second-order valence-corrected chi connectivity index (χ2v) is 4.99. The van der Waals surface area contributed by atoms with Crippen molar-refractivity contribution in [2.45, 2.75) is 25.1 Å². The zero-order valence-corrected chi connectivity index (χ0v) is 11.4. The number of nitrogens with zero attached hydrogens (tertiary/aromatic N) is 1. The first-order valence-electron chi connectivity index (χ1n) is 6.68. The molecule has 116 valence electrons. The minimum absolute atomic E-state index is 0.131. The highest BCUT2D eigenvalue weighted by molar-refractivity contribution is 5.73. The molecule has 1 aliphatic rings. The van der Waals surface area contributed by atoms with E-state index in [9.17, 15) is 18.0 Å². The van der Waals surface area contributed by atoms with E-state index in [0.717, 1.165) is 17.8 Å². The predicted octanol–water partition coefficient (Wildman–Crippen LogP) is 2.18. The van der Waals surface area contributed by atoms with Gasteiger partial charge in [-0.1, -0.05) is 0 Å². The van der Waals surface area contributed by atoms with Crippen LogP contribution in [-0.2, 0) is 15.7 Å². The van der Waals surface area contributed by atoms with E-state index in [1.165, 1.54) is 12.1 Å². The molecule has 1 fully saturated rings. The summed E-state index contributed by atoms with van der Waals surface area (Å²) in [6.07, 6.45) is -3.69. The average Bonchev–Trinajstić information content (AvgIpc) is 2.45.